The van der Waals surface area contributed by atoms with E-state index in [2.05, 4.69) is 15.4 Å². The Morgan fingerprint density at radius 2 is 1.77 bits per heavy atom. The zero-order valence-electron chi connectivity index (χ0n) is 14.1. The Kier molecular flexibility index (Phi) is 4.65. The smallest absolute Gasteiger partial charge is 0.177 e. The average Bonchev–Trinajstić information content (AvgIpc) is 3.03. The molecule has 0 amide bonds. The van der Waals surface area contributed by atoms with Gasteiger partial charge in [0.2, 0.25) is 0 Å². The Balaban J connectivity index is 1.82. The van der Waals surface area contributed by atoms with Crippen LogP contribution in [0.15, 0.2) is 30.6 Å². The highest BCUT2D eigenvalue weighted by atomic mass is 35.5. The fourth-order valence-electron chi connectivity index (χ4n) is 3.69. The van der Waals surface area contributed by atoms with Gasteiger partial charge < -0.3 is 16.8 Å². The van der Waals surface area contributed by atoms with Gasteiger partial charge in [-0.2, -0.15) is 0 Å². The van der Waals surface area contributed by atoms with Crippen molar-refractivity contribution in [1.29, 1.82) is 0 Å². The molecule has 0 atom stereocenters. The molecule has 0 aliphatic heterocycles. The molecule has 0 spiro atoms. The maximum atomic E-state index is 6.34. The zero-order valence-corrected chi connectivity index (χ0v) is 15.6. The number of hydrogen-bond donors (Lipinski definition) is 3. The molecule has 1 fully saturated rings. The highest BCUT2D eigenvalue weighted by Crippen LogP contribution is 2.41. The second-order valence-corrected chi connectivity index (χ2v) is 7.64. The minimum absolute atomic E-state index is 0.263. The van der Waals surface area contributed by atoms with E-state index in [9.17, 15) is 0 Å². The normalized spacial score (nSPS) is 20.4. The van der Waals surface area contributed by atoms with E-state index < -0.39 is 0 Å². The number of anilines is 3. The molecule has 5 N–H and O–H groups in total. The lowest BCUT2D eigenvalue weighted by Gasteiger charge is -2.28. The van der Waals surface area contributed by atoms with Crippen LogP contribution in [0.1, 0.15) is 37.2 Å². The lowest BCUT2D eigenvalue weighted by molar-refractivity contribution is 0.396. The molecule has 0 unspecified atom stereocenters. The van der Waals surface area contributed by atoms with Crippen molar-refractivity contribution in [3.8, 4) is 0 Å². The van der Waals surface area contributed by atoms with Gasteiger partial charge in [-0.25, -0.2) is 9.50 Å². The number of fused-ring (bicyclic) bond motifs is 1. The predicted octanol–water partition coefficient (Wildman–Crippen LogP) is 4.35. The number of benzene rings is 1. The summed E-state index contributed by atoms with van der Waals surface area (Å²) < 4.78 is 1.68. The molecule has 136 valence electrons. The standard InChI is InChI=1S/C18H20Cl2N6/c19-11-7-12(20)9-14(8-11)24-16-15(10-1-3-13(21)4-2-10)17(22)25-26-6-5-23-18(16)26/h5-10,13,24H,1-4,21H2,(H2,22,25)/t10-,13-. The van der Waals surface area contributed by atoms with E-state index in [1.807, 2.05) is 12.1 Å². The highest BCUT2D eigenvalue weighted by Gasteiger charge is 2.27. The first-order valence-electron chi connectivity index (χ1n) is 8.62. The van der Waals surface area contributed by atoms with Crippen LogP contribution >= 0.6 is 23.2 Å². The second kappa shape index (κ2) is 6.95. The number of aromatic nitrogens is 3. The Morgan fingerprint density at radius 3 is 2.46 bits per heavy atom. The Morgan fingerprint density at radius 1 is 1.08 bits per heavy atom. The fraction of sp³-hybridized carbons (Fsp3) is 0.333. The highest BCUT2D eigenvalue weighted by molar-refractivity contribution is 6.35. The van der Waals surface area contributed by atoms with Gasteiger partial charge in [0.25, 0.3) is 0 Å². The molecule has 3 aromatic rings. The van der Waals surface area contributed by atoms with Crippen molar-refractivity contribution < 1.29 is 0 Å². The monoisotopic (exact) mass is 390 g/mol. The van der Waals surface area contributed by atoms with Gasteiger partial charge in [0.15, 0.2) is 5.65 Å². The number of nitrogens with one attached hydrogen (secondary N) is 1. The average molecular weight is 391 g/mol. The summed E-state index contributed by atoms with van der Waals surface area (Å²) in [6.45, 7) is 0. The fourth-order valence-corrected chi connectivity index (χ4v) is 4.22. The van der Waals surface area contributed by atoms with Crippen molar-refractivity contribution in [3.05, 3.63) is 46.2 Å². The molecule has 1 aliphatic rings. The van der Waals surface area contributed by atoms with E-state index in [1.165, 1.54) is 0 Å². The number of rotatable bonds is 3. The molecule has 1 aliphatic carbocycles. The summed E-state index contributed by atoms with van der Waals surface area (Å²) in [5, 5.41) is 9.03. The van der Waals surface area contributed by atoms with Crippen LogP contribution in [0.4, 0.5) is 17.2 Å². The van der Waals surface area contributed by atoms with Crippen LogP contribution in [0.5, 0.6) is 0 Å². The molecule has 0 bridgehead atoms. The summed E-state index contributed by atoms with van der Waals surface area (Å²) in [4.78, 5) is 4.46. The quantitative estimate of drug-likeness (QED) is 0.617. The topological polar surface area (TPSA) is 94.3 Å². The van der Waals surface area contributed by atoms with Crippen molar-refractivity contribution >= 4 is 46.0 Å². The SMILES string of the molecule is Nc1nn2ccnc2c(Nc2cc(Cl)cc(Cl)c2)c1[C@H]1CC[C@H](N)CC1. The molecule has 6 nitrogen and oxygen atoms in total. The van der Waals surface area contributed by atoms with Gasteiger partial charge in [-0.1, -0.05) is 23.2 Å². The number of imidazole rings is 1. The van der Waals surface area contributed by atoms with E-state index in [0.717, 1.165) is 48.3 Å². The lowest BCUT2D eigenvalue weighted by atomic mass is 9.81. The van der Waals surface area contributed by atoms with Gasteiger partial charge in [-0.05, 0) is 49.8 Å². The van der Waals surface area contributed by atoms with Crippen LogP contribution in [0.2, 0.25) is 10.0 Å². The molecule has 8 heteroatoms. The summed E-state index contributed by atoms with van der Waals surface area (Å²) in [6, 6.07) is 5.61. The number of hydrogen-bond acceptors (Lipinski definition) is 5. The summed E-state index contributed by atoms with van der Waals surface area (Å²) in [7, 11) is 0. The minimum atomic E-state index is 0.263. The van der Waals surface area contributed by atoms with Crippen LogP contribution in [-0.4, -0.2) is 20.6 Å². The molecule has 4 rings (SSSR count). The third-order valence-corrected chi connectivity index (χ3v) is 5.35. The number of halogens is 2. The molecule has 2 aromatic heterocycles. The van der Waals surface area contributed by atoms with Crippen molar-refractivity contribution in [2.75, 3.05) is 11.1 Å². The largest absolute Gasteiger partial charge is 0.382 e. The summed E-state index contributed by atoms with van der Waals surface area (Å²) in [5.41, 5.74) is 15.8. The first kappa shape index (κ1) is 17.4. The van der Waals surface area contributed by atoms with Gasteiger partial charge in [0, 0.05) is 39.7 Å². The minimum Gasteiger partial charge on any atom is -0.382 e. The van der Waals surface area contributed by atoms with Crippen LogP contribution in [-0.2, 0) is 0 Å². The Bertz CT molecular complexity index is 926. The van der Waals surface area contributed by atoms with Crippen LogP contribution in [0.3, 0.4) is 0 Å². The molecule has 1 aromatic carbocycles. The van der Waals surface area contributed by atoms with E-state index in [-0.39, 0.29) is 6.04 Å². The van der Waals surface area contributed by atoms with E-state index in [1.54, 1.807) is 23.0 Å². The van der Waals surface area contributed by atoms with E-state index in [4.69, 9.17) is 34.7 Å². The molecule has 1 saturated carbocycles. The van der Waals surface area contributed by atoms with Gasteiger partial charge in [-0.3, -0.25) is 0 Å². The summed E-state index contributed by atoms with van der Waals surface area (Å²) in [5.74, 6) is 0.799. The summed E-state index contributed by atoms with van der Waals surface area (Å²) in [6.07, 6.45) is 7.41. The zero-order chi connectivity index (χ0) is 18.3. The maximum absolute atomic E-state index is 6.34. The van der Waals surface area contributed by atoms with Crippen LogP contribution < -0.4 is 16.8 Å². The lowest BCUT2D eigenvalue weighted by Crippen LogP contribution is -2.26. The third kappa shape index (κ3) is 3.32. The molecule has 2 heterocycles. The van der Waals surface area contributed by atoms with Crippen molar-refractivity contribution in [3.63, 3.8) is 0 Å². The van der Waals surface area contributed by atoms with Crippen LogP contribution in [0.25, 0.3) is 5.65 Å². The first-order chi connectivity index (χ1) is 12.5. The van der Waals surface area contributed by atoms with Gasteiger partial charge in [0.1, 0.15) is 5.82 Å². The first-order valence-corrected chi connectivity index (χ1v) is 9.38. The van der Waals surface area contributed by atoms with Gasteiger partial charge in [-0.15, -0.1) is 5.10 Å². The van der Waals surface area contributed by atoms with E-state index in [0.29, 0.717) is 21.8 Å². The van der Waals surface area contributed by atoms with E-state index >= 15 is 0 Å². The second-order valence-electron chi connectivity index (χ2n) is 6.76. The molecule has 26 heavy (non-hydrogen) atoms. The molecule has 0 radical (unpaired) electrons. The van der Waals surface area contributed by atoms with Crippen molar-refractivity contribution in [2.45, 2.75) is 37.6 Å². The summed E-state index contributed by atoms with van der Waals surface area (Å²) >= 11 is 12.3. The van der Waals surface area contributed by atoms with Crippen LogP contribution in [0, 0.1) is 0 Å². The van der Waals surface area contributed by atoms with Gasteiger partial charge in [0.05, 0.1) is 5.69 Å². The van der Waals surface area contributed by atoms with Crippen molar-refractivity contribution in [2.24, 2.45) is 5.73 Å². The number of nitrogens with two attached hydrogens (primary N) is 2. The molecular formula is C18H20Cl2N6. The maximum Gasteiger partial charge on any atom is 0.177 e. The Labute approximate surface area is 161 Å². The number of nitrogen functional groups attached to an aromatic ring is 1. The van der Waals surface area contributed by atoms with Gasteiger partial charge >= 0.3 is 0 Å². The van der Waals surface area contributed by atoms with Crippen molar-refractivity contribution in [1.82, 2.24) is 14.6 Å². The Hall–Kier alpha value is -2.02. The molecule has 0 saturated heterocycles. The number of nitrogens with zero attached hydrogens (tertiary/aromatic N) is 3. The predicted molar refractivity (Wildman–Crippen MR) is 106 cm³/mol. The third-order valence-electron chi connectivity index (χ3n) is 4.92. The molecular weight excluding hydrogens is 371 g/mol.